The van der Waals surface area contributed by atoms with Crippen molar-refractivity contribution in [1.29, 1.82) is 0 Å². The summed E-state index contributed by atoms with van der Waals surface area (Å²) in [6, 6.07) is 4.36. The lowest BCUT2D eigenvalue weighted by molar-refractivity contribution is -0.0706. The Hall–Kier alpha value is -0.930. The topological polar surface area (TPSA) is 30.5 Å². The fourth-order valence-corrected chi connectivity index (χ4v) is 6.63. The highest BCUT2D eigenvalue weighted by Gasteiger charge is 2.52. The highest BCUT2D eigenvalue weighted by molar-refractivity contribution is 6.30. The number of halogens is 1. The molecule has 4 heteroatoms. The van der Waals surface area contributed by atoms with Crippen LogP contribution < -0.4 is 14.8 Å². The molecule has 1 aromatic rings. The highest BCUT2D eigenvalue weighted by atomic mass is 35.5. The van der Waals surface area contributed by atoms with Gasteiger partial charge in [0.2, 0.25) is 0 Å². The van der Waals surface area contributed by atoms with Crippen LogP contribution in [-0.2, 0) is 6.54 Å². The molecule has 1 aromatic carbocycles. The van der Waals surface area contributed by atoms with E-state index in [0.717, 1.165) is 41.4 Å². The maximum atomic E-state index is 6.31. The Labute approximate surface area is 162 Å². The zero-order chi connectivity index (χ0) is 18.3. The van der Waals surface area contributed by atoms with E-state index in [0.29, 0.717) is 23.1 Å². The van der Waals surface area contributed by atoms with Crippen LogP contribution in [0.4, 0.5) is 0 Å². The van der Waals surface area contributed by atoms with E-state index in [1.165, 1.54) is 38.5 Å². The van der Waals surface area contributed by atoms with Crippen LogP contribution in [0.2, 0.25) is 5.02 Å². The molecular formula is C22H32ClNO2. The summed E-state index contributed by atoms with van der Waals surface area (Å²) in [5, 5.41) is 4.54. The van der Waals surface area contributed by atoms with Crippen molar-refractivity contribution in [1.82, 2.24) is 5.32 Å². The van der Waals surface area contributed by atoms with Gasteiger partial charge in [0.15, 0.2) is 11.5 Å². The molecule has 1 atom stereocenters. The summed E-state index contributed by atoms with van der Waals surface area (Å²) in [5.41, 5.74) is 1.59. The standard InChI is InChI=1S/C22H32ClNO2/c1-4-26-21-18(8-19(23)9-20(21)25-3)13-24-14(2)22-10-15-5-16(11-22)7-17(6-15)12-22/h8-9,14-17,24H,4-7,10-13H2,1-3H3. The Balaban J connectivity index is 1.50. The van der Waals surface area contributed by atoms with Crippen molar-refractivity contribution in [3.05, 3.63) is 22.7 Å². The molecule has 144 valence electrons. The normalized spacial score (nSPS) is 33.3. The Bertz CT molecular complexity index is 625. The predicted molar refractivity (Wildman–Crippen MR) is 106 cm³/mol. The molecule has 1 unspecified atom stereocenters. The van der Waals surface area contributed by atoms with Gasteiger partial charge >= 0.3 is 0 Å². The van der Waals surface area contributed by atoms with Crippen molar-refractivity contribution in [3.8, 4) is 11.5 Å². The van der Waals surface area contributed by atoms with Crippen molar-refractivity contribution in [2.45, 2.75) is 65.0 Å². The summed E-state index contributed by atoms with van der Waals surface area (Å²) in [6.07, 6.45) is 8.74. The molecule has 0 aliphatic heterocycles. The van der Waals surface area contributed by atoms with Gasteiger partial charge in [0, 0.05) is 29.2 Å². The van der Waals surface area contributed by atoms with Gasteiger partial charge in [-0.2, -0.15) is 0 Å². The molecule has 0 aromatic heterocycles. The van der Waals surface area contributed by atoms with Gasteiger partial charge in [0.05, 0.1) is 13.7 Å². The Morgan fingerprint density at radius 2 is 1.77 bits per heavy atom. The van der Waals surface area contributed by atoms with Crippen molar-refractivity contribution >= 4 is 11.6 Å². The van der Waals surface area contributed by atoms with Gasteiger partial charge in [-0.25, -0.2) is 0 Å². The van der Waals surface area contributed by atoms with Crippen LogP contribution in [0.3, 0.4) is 0 Å². The van der Waals surface area contributed by atoms with E-state index in [-0.39, 0.29) is 0 Å². The first-order chi connectivity index (χ1) is 12.5. The molecule has 4 aliphatic carbocycles. The summed E-state index contributed by atoms with van der Waals surface area (Å²) in [6.45, 7) is 5.79. The minimum Gasteiger partial charge on any atom is -0.493 e. The largest absolute Gasteiger partial charge is 0.493 e. The van der Waals surface area contributed by atoms with Crippen molar-refractivity contribution in [3.63, 3.8) is 0 Å². The van der Waals surface area contributed by atoms with Gasteiger partial charge in [0.1, 0.15) is 0 Å². The van der Waals surface area contributed by atoms with Crippen LogP contribution in [0.1, 0.15) is 57.9 Å². The minimum atomic E-state index is 0.503. The molecule has 5 rings (SSSR count). The molecule has 4 saturated carbocycles. The zero-order valence-electron chi connectivity index (χ0n) is 16.3. The molecule has 3 nitrogen and oxygen atoms in total. The molecule has 4 aliphatic rings. The minimum absolute atomic E-state index is 0.503. The second-order valence-corrected chi connectivity index (χ2v) is 9.35. The first-order valence-corrected chi connectivity index (χ1v) is 10.6. The SMILES string of the molecule is CCOc1c(CNC(C)C23CC4CC(CC(C4)C2)C3)cc(Cl)cc1OC. The predicted octanol–water partition coefficient (Wildman–Crippen LogP) is 5.44. The average Bonchev–Trinajstić information content (AvgIpc) is 2.60. The molecule has 0 amide bonds. The smallest absolute Gasteiger partial charge is 0.165 e. The van der Waals surface area contributed by atoms with Gasteiger partial charge in [0.25, 0.3) is 0 Å². The van der Waals surface area contributed by atoms with Crippen LogP contribution in [0, 0.1) is 23.2 Å². The third-order valence-electron chi connectivity index (χ3n) is 7.21. The third-order valence-corrected chi connectivity index (χ3v) is 7.43. The van der Waals surface area contributed by atoms with E-state index in [1.54, 1.807) is 7.11 Å². The first-order valence-electron chi connectivity index (χ1n) is 10.3. The average molecular weight is 378 g/mol. The summed E-state index contributed by atoms with van der Waals surface area (Å²) in [5.74, 6) is 4.49. The fourth-order valence-electron chi connectivity index (χ4n) is 6.40. The molecular weight excluding hydrogens is 346 g/mol. The summed E-state index contributed by atoms with van der Waals surface area (Å²) in [4.78, 5) is 0. The molecule has 4 bridgehead atoms. The Morgan fingerprint density at radius 3 is 2.31 bits per heavy atom. The van der Waals surface area contributed by atoms with E-state index < -0.39 is 0 Å². The summed E-state index contributed by atoms with van der Waals surface area (Å²) < 4.78 is 11.4. The molecule has 1 N–H and O–H groups in total. The first kappa shape index (κ1) is 18.4. The van der Waals surface area contributed by atoms with E-state index in [2.05, 4.69) is 12.2 Å². The molecule has 0 spiro atoms. The number of rotatable bonds is 7. The van der Waals surface area contributed by atoms with Crippen LogP contribution in [0.5, 0.6) is 11.5 Å². The van der Waals surface area contributed by atoms with E-state index in [9.17, 15) is 0 Å². The van der Waals surface area contributed by atoms with E-state index in [4.69, 9.17) is 21.1 Å². The van der Waals surface area contributed by atoms with Crippen molar-refractivity contribution < 1.29 is 9.47 Å². The second-order valence-electron chi connectivity index (χ2n) is 8.91. The van der Waals surface area contributed by atoms with Crippen molar-refractivity contribution in [2.24, 2.45) is 23.2 Å². The lowest BCUT2D eigenvalue weighted by Crippen LogP contribution is -2.54. The van der Waals surface area contributed by atoms with Crippen LogP contribution in [0.15, 0.2) is 12.1 Å². The number of hydrogen-bond donors (Lipinski definition) is 1. The Morgan fingerprint density at radius 1 is 1.15 bits per heavy atom. The lowest BCUT2D eigenvalue weighted by atomic mass is 9.48. The monoisotopic (exact) mass is 377 g/mol. The van der Waals surface area contributed by atoms with Crippen molar-refractivity contribution in [2.75, 3.05) is 13.7 Å². The van der Waals surface area contributed by atoms with Gasteiger partial charge in [-0.3, -0.25) is 0 Å². The van der Waals surface area contributed by atoms with Crippen LogP contribution in [0.25, 0.3) is 0 Å². The molecule has 0 saturated heterocycles. The number of ether oxygens (including phenoxy) is 2. The molecule has 26 heavy (non-hydrogen) atoms. The van der Waals surface area contributed by atoms with Crippen LogP contribution in [-0.4, -0.2) is 19.8 Å². The lowest BCUT2D eigenvalue weighted by Gasteiger charge is -2.59. The van der Waals surface area contributed by atoms with Gasteiger partial charge in [-0.15, -0.1) is 0 Å². The van der Waals surface area contributed by atoms with Crippen LogP contribution >= 0.6 is 11.6 Å². The number of methoxy groups -OCH3 is 1. The third kappa shape index (κ3) is 3.33. The number of nitrogens with one attached hydrogen (secondary N) is 1. The van der Waals surface area contributed by atoms with E-state index in [1.807, 2.05) is 19.1 Å². The second kappa shape index (κ2) is 7.24. The van der Waals surface area contributed by atoms with Gasteiger partial charge in [-0.05, 0) is 81.6 Å². The summed E-state index contributed by atoms with van der Waals surface area (Å²) in [7, 11) is 1.67. The quantitative estimate of drug-likeness (QED) is 0.686. The highest BCUT2D eigenvalue weighted by Crippen LogP contribution is 2.61. The number of hydrogen-bond acceptors (Lipinski definition) is 3. The molecule has 4 fully saturated rings. The van der Waals surface area contributed by atoms with Gasteiger partial charge < -0.3 is 14.8 Å². The fraction of sp³-hybridized carbons (Fsp3) is 0.727. The summed E-state index contributed by atoms with van der Waals surface area (Å²) >= 11 is 6.31. The zero-order valence-corrected chi connectivity index (χ0v) is 17.1. The number of benzene rings is 1. The molecule has 0 radical (unpaired) electrons. The maximum absolute atomic E-state index is 6.31. The Kier molecular flexibility index (Phi) is 5.13. The van der Waals surface area contributed by atoms with Gasteiger partial charge in [-0.1, -0.05) is 11.6 Å². The van der Waals surface area contributed by atoms with E-state index >= 15 is 0 Å². The maximum Gasteiger partial charge on any atom is 0.165 e. The molecule has 0 heterocycles.